The van der Waals surface area contributed by atoms with Crippen molar-refractivity contribution >= 4 is 28.9 Å². The Bertz CT molecular complexity index is 435. The monoisotopic (exact) mass is 368 g/mol. The number of nitrogens with zero attached hydrogens (tertiary/aromatic N) is 1. The summed E-state index contributed by atoms with van der Waals surface area (Å²) in [6.45, 7) is 7.40. The molecule has 1 aromatic rings. The maximum absolute atomic E-state index is 5.94. The predicted molar refractivity (Wildman–Crippen MR) is 111 cm³/mol. The van der Waals surface area contributed by atoms with Crippen molar-refractivity contribution in [1.82, 2.24) is 10.2 Å². The molecule has 0 heterocycles. The first-order valence-corrected chi connectivity index (χ1v) is 10.2. The van der Waals surface area contributed by atoms with Crippen molar-refractivity contribution in [3.63, 3.8) is 0 Å². The van der Waals surface area contributed by atoms with Crippen molar-refractivity contribution in [2.75, 3.05) is 13.1 Å². The molecule has 24 heavy (non-hydrogen) atoms. The van der Waals surface area contributed by atoms with Gasteiger partial charge in [-0.25, -0.2) is 0 Å². The van der Waals surface area contributed by atoms with E-state index >= 15 is 0 Å². The van der Waals surface area contributed by atoms with Crippen LogP contribution in [0.2, 0.25) is 5.02 Å². The number of unbranched alkanes of at least 4 members (excludes halogenated alkanes) is 6. The summed E-state index contributed by atoms with van der Waals surface area (Å²) in [5.41, 5.74) is 1.21. The van der Waals surface area contributed by atoms with Crippen molar-refractivity contribution in [3.8, 4) is 0 Å². The standard InChI is InChI=1S/C20H33ClN2S/c1-3-5-7-9-15-23(16-10-8-6-4-2)20(24)22-17-18-11-13-19(21)14-12-18/h11-14H,3-10,15-17H2,1-2H3,(H,22,24). The fourth-order valence-electron chi connectivity index (χ4n) is 2.67. The lowest BCUT2D eigenvalue weighted by Gasteiger charge is -2.26. The van der Waals surface area contributed by atoms with E-state index in [1.54, 1.807) is 0 Å². The molecule has 0 radical (unpaired) electrons. The van der Waals surface area contributed by atoms with Crippen LogP contribution in [0.15, 0.2) is 24.3 Å². The van der Waals surface area contributed by atoms with Crippen LogP contribution in [-0.2, 0) is 6.54 Å². The van der Waals surface area contributed by atoms with Gasteiger partial charge in [0, 0.05) is 24.7 Å². The Hall–Kier alpha value is -0.800. The highest BCUT2D eigenvalue weighted by atomic mass is 35.5. The second kappa shape index (κ2) is 13.5. The summed E-state index contributed by atoms with van der Waals surface area (Å²) in [5, 5.41) is 5.07. The summed E-state index contributed by atoms with van der Waals surface area (Å²) in [4.78, 5) is 2.36. The number of rotatable bonds is 12. The number of hydrogen-bond acceptors (Lipinski definition) is 1. The first-order valence-electron chi connectivity index (χ1n) is 9.44. The third-order valence-corrected chi connectivity index (χ3v) is 4.86. The number of halogens is 1. The zero-order chi connectivity index (χ0) is 17.6. The molecule has 0 aliphatic heterocycles. The fourth-order valence-corrected chi connectivity index (χ4v) is 3.05. The topological polar surface area (TPSA) is 15.3 Å². The minimum absolute atomic E-state index is 0.760. The fraction of sp³-hybridized carbons (Fsp3) is 0.650. The molecule has 0 atom stereocenters. The molecule has 0 spiro atoms. The number of nitrogens with one attached hydrogen (secondary N) is 1. The molecule has 0 aliphatic carbocycles. The second-order valence-corrected chi connectivity index (χ2v) is 7.22. The van der Waals surface area contributed by atoms with Gasteiger partial charge in [-0.05, 0) is 42.8 Å². The van der Waals surface area contributed by atoms with Gasteiger partial charge in [0.2, 0.25) is 0 Å². The molecule has 1 rings (SSSR count). The molecule has 0 saturated heterocycles. The van der Waals surface area contributed by atoms with Crippen molar-refractivity contribution in [2.45, 2.75) is 71.8 Å². The van der Waals surface area contributed by atoms with Crippen molar-refractivity contribution in [3.05, 3.63) is 34.9 Å². The van der Waals surface area contributed by atoms with E-state index in [0.717, 1.165) is 29.8 Å². The zero-order valence-electron chi connectivity index (χ0n) is 15.3. The molecular formula is C20H33ClN2S. The summed E-state index contributed by atoms with van der Waals surface area (Å²) in [6.07, 6.45) is 10.2. The molecule has 1 N–H and O–H groups in total. The number of hydrogen-bond donors (Lipinski definition) is 1. The van der Waals surface area contributed by atoms with Crippen LogP contribution in [0.1, 0.15) is 70.8 Å². The first kappa shape index (κ1) is 21.2. The van der Waals surface area contributed by atoms with Crippen LogP contribution >= 0.6 is 23.8 Å². The van der Waals surface area contributed by atoms with Crippen LogP contribution in [0.25, 0.3) is 0 Å². The third kappa shape index (κ3) is 9.48. The molecule has 2 nitrogen and oxygen atoms in total. The molecule has 0 fully saturated rings. The summed E-state index contributed by atoms with van der Waals surface area (Å²) in [7, 11) is 0. The van der Waals surface area contributed by atoms with Crippen LogP contribution < -0.4 is 5.32 Å². The van der Waals surface area contributed by atoms with Gasteiger partial charge in [-0.1, -0.05) is 76.1 Å². The minimum atomic E-state index is 0.760. The van der Waals surface area contributed by atoms with Crippen LogP contribution in [0.4, 0.5) is 0 Å². The molecule has 0 bridgehead atoms. The van der Waals surface area contributed by atoms with Crippen LogP contribution in [-0.4, -0.2) is 23.1 Å². The number of benzene rings is 1. The Morgan fingerprint density at radius 1 is 0.917 bits per heavy atom. The summed E-state index contributed by atoms with van der Waals surface area (Å²) < 4.78 is 0. The lowest BCUT2D eigenvalue weighted by atomic mass is 10.2. The molecule has 136 valence electrons. The summed E-state index contributed by atoms with van der Waals surface area (Å²) >= 11 is 11.6. The maximum Gasteiger partial charge on any atom is 0.169 e. The highest BCUT2D eigenvalue weighted by Gasteiger charge is 2.09. The Morgan fingerprint density at radius 3 is 1.96 bits per heavy atom. The van der Waals surface area contributed by atoms with Crippen molar-refractivity contribution in [1.29, 1.82) is 0 Å². The lowest BCUT2D eigenvalue weighted by molar-refractivity contribution is 0.381. The van der Waals surface area contributed by atoms with Gasteiger partial charge in [0.15, 0.2) is 5.11 Å². The van der Waals surface area contributed by atoms with E-state index in [-0.39, 0.29) is 0 Å². The largest absolute Gasteiger partial charge is 0.358 e. The van der Waals surface area contributed by atoms with E-state index in [1.807, 2.05) is 24.3 Å². The molecule has 0 amide bonds. The maximum atomic E-state index is 5.94. The summed E-state index contributed by atoms with van der Waals surface area (Å²) in [6, 6.07) is 7.94. The molecule has 0 saturated carbocycles. The van der Waals surface area contributed by atoms with Crippen LogP contribution in [0.3, 0.4) is 0 Å². The zero-order valence-corrected chi connectivity index (χ0v) is 16.9. The predicted octanol–water partition coefficient (Wildman–Crippen LogP) is 6.18. The molecule has 0 unspecified atom stereocenters. The van der Waals surface area contributed by atoms with Gasteiger partial charge in [0.25, 0.3) is 0 Å². The van der Waals surface area contributed by atoms with Gasteiger partial charge in [0.1, 0.15) is 0 Å². The highest BCUT2D eigenvalue weighted by Crippen LogP contribution is 2.10. The average Bonchev–Trinajstić information content (AvgIpc) is 2.59. The van der Waals surface area contributed by atoms with Crippen molar-refractivity contribution in [2.24, 2.45) is 0 Å². The van der Waals surface area contributed by atoms with E-state index in [9.17, 15) is 0 Å². The van der Waals surface area contributed by atoms with Crippen LogP contribution in [0.5, 0.6) is 0 Å². The average molecular weight is 369 g/mol. The molecule has 1 aromatic carbocycles. The summed E-state index contributed by atoms with van der Waals surface area (Å²) in [5.74, 6) is 0. The van der Waals surface area contributed by atoms with Crippen LogP contribution in [0, 0.1) is 0 Å². The van der Waals surface area contributed by atoms with Gasteiger partial charge in [-0.3, -0.25) is 0 Å². The first-order chi connectivity index (χ1) is 11.7. The van der Waals surface area contributed by atoms with E-state index in [4.69, 9.17) is 23.8 Å². The quantitative estimate of drug-likeness (QED) is 0.350. The number of thiocarbonyl (C=S) groups is 1. The second-order valence-electron chi connectivity index (χ2n) is 6.39. The Labute approximate surface area is 159 Å². The highest BCUT2D eigenvalue weighted by molar-refractivity contribution is 7.80. The molecular weight excluding hydrogens is 336 g/mol. The molecule has 0 aliphatic rings. The van der Waals surface area contributed by atoms with Gasteiger partial charge < -0.3 is 10.2 Å². The van der Waals surface area contributed by atoms with Gasteiger partial charge in [-0.2, -0.15) is 0 Å². The normalized spacial score (nSPS) is 10.6. The van der Waals surface area contributed by atoms with E-state index in [2.05, 4.69) is 24.1 Å². The van der Waals surface area contributed by atoms with E-state index < -0.39 is 0 Å². The third-order valence-electron chi connectivity index (χ3n) is 4.21. The molecule has 0 aromatic heterocycles. The smallest absolute Gasteiger partial charge is 0.169 e. The van der Waals surface area contributed by atoms with Gasteiger partial charge in [0.05, 0.1) is 0 Å². The van der Waals surface area contributed by atoms with Gasteiger partial charge in [-0.15, -0.1) is 0 Å². The van der Waals surface area contributed by atoms with Gasteiger partial charge >= 0.3 is 0 Å². The Morgan fingerprint density at radius 2 is 1.46 bits per heavy atom. The van der Waals surface area contributed by atoms with Crippen molar-refractivity contribution < 1.29 is 0 Å². The molecule has 4 heteroatoms. The Balaban J connectivity index is 2.42. The lowest BCUT2D eigenvalue weighted by Crippen LogP contribution is -2.40. The van der Waals surface area contributed by atoms with E-state index in [0.29, 0.717) is 0 Å². The Kier molecular flexibility index (Phi) is 11.9. The SMILES string of the molecule is CCCCCCN(CCCCCC)C(=S)NCc1ccc(Cl)cc1. The minimum Gasteiger partial charge on any atom is -0.358 e. The van der Waals surface area contributed by atoms with E-state index in [1.165, 1.54) is 56.9 Å².